The van der Waals surface area contributed by atoms with Crippen molar-refractivity contribution in [2.24, 2.45) is 0 Å². The van der Waals surface area contributed by atoms with E-state index in [2.05, 4.69) is 22.5 Å². The van der Waals surface area contributed by atoms with E-state index in [4.69, 9.17) is 11.6 Å². The van der Waals surface area contributed by atoms with Crippen molar-refractivity contribution in [3.63, 3.8) is 0 Å². The predicted molar refractivity (Wildman–Crippen MR) is 121 cm³/mol. The average molecular weight is 429 g/mol. The Kier molecular flexibility index (Phi) is 8.11. The topological polar surface area (TPSA) is 64.7 Å². The van der Waals surface area contributed by atoms with E-state index in [0.29, 0.717) is 44.3 Å². The first kappa shape index (κ1) is 22.1. The van der Waals surface area contributed by atoms with Crippen LogP contribution in [-0.2, 0) is 17.6 Å². The van der Waals surface area contributed by atoms with Gasteiger partial charge in [0.25, 0.3) is 0 Å². The Hall–Kier alpha value is -2.57. The van der Waals surface area contributed by atoms with Crippen LogP contribution in [0.3, 0.4) is 0 Å². The molecule has 0 radical (unpaired) electrons. The number of carbonyl (C=O) groups is 2. The number of para-hydroxylation sites is 1. The smallest absolute Gasteiger partial charge is 0.317 e. The van der Waals surface area contributed by atoms with Crippen LogP contribution in [0.1, 0.15) is 18.1 Å². The molecule has 0 saturated carbocycles. The van der Waals surface area contributed by atoms with Crippen LogP contribution in [-0.4, -0.2) is 61.0 Å². The monoisotopic (exact) mass is 428 g/mol. The normalized spacial score (nSPS) is 14.4. The van der Waals surface area contributed by atoms with Crippen molar-refractivity contribution in [3.8, 4) is 0 Å². The largest absolute Gasteiger partial charge is 0.338 e. The summed E-state index contributed by atoms with van der Waals surface area (Å²) < 4.78 is 0. The van der Waals surface area contributed by atoms with E-state index < -0.39 is 0 Å². The second-order valence-corrected chi connectivity index (χ2v) is 7.87. The standard InChI is InChI=1S/C23H29ClN4O2/c1-2-19-7-3-4-9-21(19)26-22(29)17-27-12-14-28(15-13-27)23(30)25-11-10-18-6-5-8-20(24)16-18/h3-9,16H,2,10-15,17H2,1H3,(H,25,30)(H,26,29). The van der Waals surface area contributed by atoms with E-state index >= 15 is 0 Å². The van der Waals surface area contributed by atoms with Gasteiger partial charge in [0.05, 0.1) is 6.54 Å². The lowest BCUT2D eigenvalue weighted by atomic mass is 10.1. The number of benzene rings is 2. The molecule has 1 fully saturated rings. The van der Waals surface area contributed by atoms with Gasteiger partial charge in [0.1, 0.15) is 0 Å². The van der Waals surface area contributed by atoms with Crippen LogP contribution in [0, 0.1) is 0 Å². The summed E-state index contributed by atoms with van der Waals surface area (Å²) >= 11 is 5.99. The lowest BCUT2D eigenvalue weighted by Crippen LogP contribution is -2.53. The fraction of sp³-hybridized carbons (Fsp3) is 0.391. The molecule has 1 saturated heterocycles. The summed E-state index contributed by atoms with van der Waals surface area (Å²) in [7, 11) is 0. The first-order chi connectivity index (χ1) is 14.5. The highest BCUT2D eigenvalue weighted by atomic mass is 35.5. The van der Waals surface area contributed by atoms with Crippen molar-refractivity contribution >= 4 is 29.2 Å². The van der Waals surface area contributed by atoms with Crippen molar-refractivity contribution in [2.45, 2.75) is 19.8 Å². The first-order valence-electron chi connectivity index (χ1n) is 10.4. The number of rotatable bonds is 7. The number of aryl methyl sites for hydroxylation is 1. The molecule has 0 spiro atoms. The molecule has 6 nitrogen and oxygen atoms in total. The zero-order chi connectivity index (χ0) is 21.3. The molecule has 2 aromatic rings. The molecule has 3 amide bonds. The Morgan fingerprint density at radius 2 is 1.80 bits per heavy atom. The summed E-state index contributed by atoms with van der Waals surface area (Å²) in [5.74, 6) is -0.0182. The van der Waals surface area contributed by atoms with Crippen LogP contribution in [0.2, 0.25) is 5.02 Å². The molecule has 0 atom stereocenters. The predicted octanol–water partition coefficient (Wildman–Crippen LogP) is 3.41. The molecule has 2 N–H and O–H groups in total. The van der Waals surface area contributed by atoms with Gasteiger partial charge >= 0.3 is 6.03 Å². The van der Waals surface area contributed by atoms with E-state index in [0.717, 1.165) is 29.7 Å². The highest BCUT2D eigenvalue weighted by Gasteiger charge is 2.22. The van der Waals surface area contributed by atoms with Crippen molar-refractivity contribution in [1.82, 2.24) is 15.1 Å². The lowest BCUT2D eigenvalue weighted by molar-refractivity contribution is -0.117. The fourth-order valence-electron chi connectivity index (χ4n) is 3.57. The zero-order valence-corrected chi connectivity index (χ0v) is 18.1. The minimum absolute atomic E-state index is 0.0182. The summed E-state index contributed by atoms with van der Waals surface area (Å²) in [6, 6.07) is 15.5. The second kappa shape index (κ2) is 11.0. The minimum Gasteiger partial charge on any atom is -0.338 e. The average Bonchev–Trinajstić information content (AvgIpc) is 2.74. The molecule has 7 heteroatoms. The van der Waals surface area contributed by atoms with Crippen LogP contribution in [0.4, 0.5) is 10.5 Å². The number of amides is 3. The van der Waals surface area contributed by atoms with Gasteiger partial charge in [0, 0.05) is 43.4 Å². The number of nitrogens with zero attached hydrogens (tertiary/aromatic N) is 2. The summed E-state index contributed by atoms with van der Waals surface area (Å²) in [6.45, 7) is 5.57. The maximum atomic E-state index is 12.4. The molecule has 1 aliphatic heterocycles. The van der Waals surface area contributed by atoms with Gasteiger partial charge in [-0.3, -0.25) is 9.69 Å². The number of nitrogens with one attached hydrogen (secondary N) is 2. The molecular formula is C23H29ClN4O2. The second-order valence-electron chi connectivity index (χ2n) is 7.43. The van der Waals surface area contributed by atoms with Gasteiger partial charge in [0.2, 0.25) is 5.91 Å². The van der Waals surface area contributed by atoms with Crippen LogP contribution >= 0.6 is 11.6 Å². The van der Waals surface area contributed by atoms with Gasteiger partial charge in [-0.2, -0.15) is 0 Å². The summed E-state index contributed by atoms with van der Waals surface area (Å²) in [4.78, 5) is 28.7. The molecule has 0 aliphatic carbocycles. The zero-order valence-electron chi connectivity index (χ0n) is 17.4. The van der Waals surface area contributed by atoms with Gasteiger partial charge in [0.15, 0.2) is 0 Å². The molecule has 3 rings (SSSR count). The molecule has 1 aliphatic rings. The summed E-state index contributed by atoms with van der Waals surface area (Å²) in [5.41, 5.74) is 3.11. The van der Waals surface area contributed by atoms with E-state index in [9.17, 15) is 9.59 Å². The van der Waals surface area contributed by atoms with Gasteiger partial charge < -0.3 is 15.5 Å². The Labute approximate surface area is 183 Å². The van der Waals surface area contributed by atoms with Gasteiger partial charge in [-0.05, 0) is 42.2 Å². The van der Waals surface area contributed by atoms with E-state index in [-0.39, 0.29) is 11.9 Å². The Balaban J connectivity index is 1.37. The number of urea groups is 1. The van der Waals surface area contributed by atoms with E-state index in [1.54, 1.807) is 4.90 Å². The maximum Gasteiger partial charge on any atom is 0.317 e. The van der Waals surface area contributed by atoms with Crippen LogP contribution in [0.25, 0.3) is 0 Å². The molecule has 1 heterocycles. The van der Waals surface area contributed by atoms with Gasteiger partial charge in [-0.15, -0.1) is 0 Å². The minimum atomic E-state index is -0.0574. The maximum absolute atomic E-state index is 12.4. The van der Waals surface area contributed by atoms with Crippen LogP contribution < -0.4 is 10.6 Å². The Morgan fingerprint density at radius 1 is 1.03 bits per heavy atom. The number of carbonyl (C=O) groups excluding carboxylic acids is 2. The summed E-state index contributed by atoms with van der Waals surface area (Å²) in [5, 5.41) is 6.68. The molecule has 2 aromatic carbocycles. The highest BCUT2D eigenvalue weighted by Crippen LogP contribution is 2.15. The summed E-state index contributed by atoms with van der Waals surface area (Å²) in [6.07, 6.45) is 1.62. The Morgan fingerprint density at radius 3 is 2.53 bits per heavy atom. The number of halogens is 1. The Bertz CT molecular complexity index is 866. The van der Waals surface area contributed by atoms with Gasteiger partial charge in [-0.25, -0.2) is 4.79 Å². The van der Waals surface area contributed by atoms with Crippen molar-refractivity contribution < 1.29 is 9.59 Å². The van der Waals surface area contributed by atoms with E-state index in [1.807, 2.05) is 48.5 Å². The van der Waals surface area contributed by atoms with Crippen molar-refractivity contribution in [2.75, 3.05) is 44.6 Å². The third-order valence-corrected chi connectivity index (χ3v) is 5.51. The third-order valence-electron chi connectivity index (χ3n) is 5.28. The number of anilines is 1. The fourth-order valence-corrected chi connectivity index (χ4v) is 3.78. The highest BCUT2D eigenvalue weighted by molar-refractivity contribution is 6.30. The van der Waals surface area contributed by atoms with Crippen LogP contribution in [0.5, 0.6) is 0 Å². The molecular weight excluding hydrogens is 400 g/mol. The van der Waals surface area contributed by atoms with Gasteiger partial charge in [-0.1, -0.05) is 48.9 Å². The first-order valence-corrected chi connectivity index (χ1v) is 10.8. The van der Waals surface area contributed by atoms with Crippen LogP contribution in [0.15, 0.2) is 48.5 Å². The van der Waals surface area contributed by atoms with E-state index in [1.165, 1.54) is 0 Å². The molecule has 0 unspecified atom stereocenters. The molecule has 160 valence electrons. The lowest BCUT2D eigenvalue weighted by Gasteiger charge is -2.34. The molecule has 0 bridgehead atoms. The SMILES string of the molecule is CCc1ccccc1NC(=O)CN1CCN(C(=O)NCCc2cccc(Cl)c2)CC1. The number of hydrogen-bond acceptors (Lipinski definition) is 3. The number of hydrogen-bond donors (Lipinski definition) is 2. The number of piperazine rings is 1. The molecule has 30 heavy (non-hydrogen) atoms. The third kappa shape index (κ3) is 6.47. The van der Waals surface area contributed by atoms with Crippen molar-refractivity contribution in [3.05, 3.63) is 64.7 Å². The molecule has 0 aromatic heterocycles. The quantitative estimate of drug-likeness (QED) is 0.710. The van der Waals surface area contributed by atoms with Crippen molar-refractivity contribution in [1.29, 1.82) is 0 Å².